The standard InChI is InChI=1S/C12H19NO3S/c14-11-9-17(15,16)13(8-10-4-5-10)12(11)6-2-1-3-7-12/h10H,1-9H2. The van der Waals surface area contributed by atoms with Crippen LogP contribution in [0.2, 0.25) is 0 Å². The molecule has 0 amide bonds. The Morgan fingerprint density at radius 2 is 1.82 bits per heavy atom. The third-order valence-corrected chi connectivity index (χ3v) is 6.24. The van der Waals surface area contributed by atoms with Gasteiger partial charge < -0.3 is 0 Å². The first-order valence-electron chi connectivity index (χ1n) is 6.58. The summed E-state index contributed by atoms with van der Waals surface area (Å²) in [5, 5.41) is 0. The first-order valence-corrected chi connectivity index (χ1v) is 8.19. The van der Waals surface area contributed by atoms with E-state index >= 15 is 0 Å². The summed E-state index contributed by atoms with van der Waals surface area (Å²) in [4.78, 5) is 12.2. The largest absolute Gasteiger partial charge is 0.296 e. The van der Waals surface area contributed by atoms with Crippen LogP contribution in [0, 0.1) is 5.92 Å². The summed E-state index contributed by atoms with van der Waals surface area (Å²) in [6.07, 6.45) is 6.85. The molecule has 1 spiro atoms. The molecule has 4 nitrogen and oxygen atoms in total. The molecule has 2 aliphatic carbocycles. The number of nitrogens with zero attached hydrogens (tertiary/aromatic N) is 1. The Morgan fingerprint density at radius 3 is 2.41 bits per heavy atom. The fourth-order valence-electron chi connectivity index (χ4n) is 3.27. The van der Waals surface area contributed by atoms with Gasteiger partial charge in [-0.25, -0.2) is 8.42 Å². The van der Waals surface area contributed by atoms with Gasteiger partial charge in [-0.15, -0.1) is 0 Å². The van der Waals surface area contributed by atoms with Gasteiger partial charge in [-0.3, -0.25) is 4.79 Å². The molecule has 1 heterocycles. The van der Waals surface area contributed by atoms with Gasteiger partial charge in [0.1, 0.15) is 5.75 Å². The van der Waals surface area contributed by atoms with Crippen LogP contribution in [-0.4, -0.2) is 36.3 Å². The minimum atomic E-state index is -3.32. The predicted molar refractivity (Wildman–Crippen MR) is 64.0 cm³/mol. The molecule has 3 fully saturated rings. The monoisotopic (exact) mass is 257 g/mol. The number of ketones is 1. The predicted octanol–water partition coefficient (Wildman–Crippen LogP) is 1.31. The van der Waals surface area contributed by atoms with Crippen molar-refractivity contribution in [2.24, 2.45) is 5.92 Å². The molecule has 0 aromatic rings. The van der Waals surface area contributed by atoms with Crippen molar-refractivity contribution in [3.05, 3.63) is 0 Å². The van der Waals surface area contributed by atoms with E-state index < -0.39 is 15.6 Å². The second kappa shape index (κ2) is 3.79. The van der Waals surface area contributed by atoms with Crippen LogP contribution in [0.3, 0.4) is 0 Å². The molecule has 3 aliphatic rings. The van der Waals surface area contributed by atoms with Crippen LogP contribution in [0.15, 0.2) is 0 Å². The molecule has 0 N–H and O–H groups in total. The highest BCUT2D eigenvalue weighted by molar-refractivity contribution is 7.90. The van der Waals surface area contributed by atoms with Gasteiger partial charge in [0.15, 0.2) is 5.78 Å². The average Bonchev–Trinajstić information content (AvgIpc) is 3.06. The minimum absolute atomic E-state index is 0.0437. The molecule has 0 unspecified atom stereocenters. The number of rotatable bonds is 2. The van der Waals surface area contributed by atoms with E-state index in [1.807, 2.05) is 0 Å². The molecule has 0 aromatic heterocycles. The van der Waals surface area contributed by atoms with Crippen molar-refractivity contribution in [2.75, 3.05) is 12.3 Å². The van der Waals surface area contributed by atoms with Crippen molar-refractivity contribution < 1.29 is 13.2 Å². The van der Waals surface area contributed by atoms with E-state index in [2.05, 4.69) is 0 Å². The Bertz CT molecular complexity index is 433. The van der Waals surface area contributed by atoms with Gasteiger partial charge in [0.2, 0.25) is 10.0 Å². The smallest absolute Gasteiger partial charge is 0.222 e. The Morgan fingerprint density at radius 1 is 1.18 bits per heavy atom. The van der Waals surface area contributed by atoms with E-state index in [0.717, 1.165) is 44.9 Å². The zero-order valence-corrected chi connectivity index (χ0v) is 10.8. The molecule has 3 rings (SSSR count). The highest BCUT2D eigenvalue weighted by atomic mass is 32.2. The zero-order chi connectivity index (χ0) is 12.1. The number of carbonyl (C=O) groups is 1. The second-order valence-electron chi connectivity index (χ2n) is 5.75. The summed E-state index contributed by atoms with van der Waals surface area (Å²) in [6, 6.07) is 0. The summed E-state index contributed by atoms with van der Waals surface area (Å²) in [5.41, 5.74) is -0.639. The third-order valence-electron chi connectivity index (χ3n) is 4.45. The molecular weight excluding hydrogens is 238 g/mol. The van der Waals surface area contributed by atoms with Gasteiger partial charge in [-0.1, -0.05) is 19.3 Å². The van der Waals surface area contributed by atoms with Crippen molar-refractivity contribution in [3.63, 3.8) is 0 Å². The van der Waals surface area contributed by atoms with E-state index in [1.54, 1.807) is 4.31 Å². The Balaban J connectivity index is 1.94. The third kappa shape index (κ3) is 1.83. The molecule has 5 heteroatoms. The molecule has 2 saturated carbocycles. The molecule has 17 heavy (non-hydrogen) atoms. The van der Waals surface area contributed by atoms with Crippen LogP contribution in [0.1, 0.15) is 44.9 Å². The number of hydrogen-bond acceptors (Lipinski definition) is 3. The van der Waals surface area contributed by atoms with Gasteiger partial charge in [0.25, 0.3) is 0 Å². The SMILES string of the molecule is O=C1CS(=O)(=O)N(CC2CC2)C12CCCCC2. The summed E-state index contributed by atoms with van der Waals surface area (Å²) in [7, 11) is -3.32. The molecule has 1 saturated heterocycles. The lowest BCUT2D eigenvalue weighted by atomic mass is 9.79. The van der Waals surface area contributed by atoms with Crippen LogP contribution < -0.4 is 0 Å². The zero-order valence-electron chi connectivity index (χ0n) is 10.0. The quantitative estimate of drug-likeness (QED) is 0.749. The Hall–Kier alpha value is -0.420. The fraction of sp³-hybridized carbons (Fsp3) is 0.917. The van der Waals surface area contributed by atoms with Crippen molar-refractivity contribution in [1.82, 2.24) is 4.31 Å². The maximum Gasteiger partial charge on any atom is 0.222 e. The van der Waals surface area contributed by atoms with Crippen LogP contribution in [0.5, 0.6) is 0 Å². The molecule has 0 aromatic carbocycles. The lowest BCUT2D eigenvalue weighted by Crippen LogP contribution is -2.51. The molecule has 0 atom stereocenters. The maximum atomic E-state index is 12.2. The van der Waals surface area contributed by atoms with Crippen LogP contribution >= 0.6 is 0 Å². The molecule has 0 bridgehead atoms. The first kappa shape index (κ1) is 11.7. The van der Waals surface area contributed by atoms with Crippen molar-refractivity contribution in [1.29, 1.82) is 0 Å². The molecular formula is C12H19NO3S. The lowest BCUT2D eigenvalue weighted by molar-refractivity contribution is -0.125. The lowest BCUT2D eigenvalue weighted by Gasteiger charge is -2.38. The highest BCUT2D eigenvalue weighted by Crippen LogP contribution is 2.43. The minimum Gasteiger partial charge on any atom is -0.296 e. The van der Waals surface area contributed by atoms with Crippen LogP contribution in [0.25, 0.3) is 0 Å². The van der Waals surface area contributed by atoms with Crippen LogP contribution in [-0.2, 0) is 14.8 Å². The fourth-order valence-corrected chi connectivity index (χ4v) is 5.28. The second-order valence-corrected chi connectivity index (χ2v) is 7.64. The van der Waals surface area contributed by atoms with Gasteiger partial charge in [-0.2, -0.15) is 4.31 Å². The van der Waals surface area contributed by atoms with Crippen LogP contribution in [0.4, 0.5) is 0 Å². The molecule has 1 aliphatic heterocycles. The van der Waals surface area contributed by atoms with E-state index in [-0.39, 0.29) is 11.5 Å². The summed E-state index contributed by atoms with van der Waals surface area (Å²) < 4.78 is 25.8. The van der Waals surface area contributed by atoms with Crippen molar-refractivity contribution in [2.45, 2.75) is 50.5 Å². The van der Waals surface area contributed by atoms with Crippen molar-refractivity contribution >= 4 is 15.8 Å². The van der Waals surface area contributed by atoms with E-state index in [4.69, 9.17) is 0 Å². The average molecular weight is 257 g/mol. The van der Waals surface area contributed by atoms with Crippen molar-refractivity contribution in [3.8, 4) is 0 Å². The molecule has 0 radical (unpaired) electrons. The topological polar surface area (TPSA) is 54.5 Å². The first-order chi connectivity index (χ1) is 8.05. The Kier molecular flexibility index (Phi) is 2.60. The molecule has 96 valence electrons. The van der Waals surface area contributed by atoms with E-state index in [1.165, 1.54) is 0 Å². The van der Waals surface area contributed by atoms with Gasteiger partial charge in [0, 0.05) is 6.54 Å². The number of hydrogen-bond donors (Lipinski definition) is 0. The summed E-state index contributed by atoms with van der Waals surface area (Å²) in [5.74, 6) is 0.215. The van der Waals surface area contributed by atoms with E-state index in [9.17, 15) is 13.2 Å². The number of Topliss-reactive ketones (excluding diaryl/α,β-unsaturated/α-hetero) is 1. The summed E-state index contributed by atoms with van der Waals surface area (Å²) in [6.45, 7) is 0.591. The number of carbonyl (C=O) groups excluding carboxylic acids is 1. The number of sulfonamides is 1. The van der Waals surface area contributed by atoms with Gasteiger partial charge in [0.05, 0.1) is 5.54 Å². The van der Waals surface area contributed by atoms with Gasteiger partial charge >= 0.3 is 0 Å². The normalized spacial score (nSPS) is 32.1. The maximum absolute atomic E-state index is 12.2. The Labute approximate surface area is 102 Å². The summed E-state index contributed by atoms with van der Waals surface area (Å²) >= 11 is 0. The van der Waals surface area contributed by atoms with E-state index in [0.29, 0.717) is 12.5 Å². The van der Waals surface area contributed by atoms with Gasteiger partial charge in [-0.05, 0) is 31.6 Å². The highest BCUT2D eigenvalue weighted by Gasteiger charge is 2.57.